The maximum Gasteiger partial charge on any atom is 0.262 e. The summed E-state index contributed by atoms with van der Waals surface area (Å²) in [6.07, 6.45) is 3.10. The van der Waals surface area contributed by atoms with Gasteiger partial charge in [0.2, 0.25) is 0 Å². The lowest BCUT2D eigenvalue weighted by molar-refractivity contribution is -0.118. The van der Waals surface area contributed by atoms with Crippen molar-refractivity contribution in [2.75, 3.05) is 17.2 Å². The van der Waals surface area contributed by atoms with Crippen LogP contribution < -0.4 is 15.4 Å². The van der Waals surface area contributed by atoms with E-state index in [4.69, 9.17) is 4.74 Å². The van der Waals surface area contributed by atoms with Crippen LogP contribution >= 0.6 is 0 Å². The van der Waals surface area contributed by atoms with Crippen LogP contribution in [0.25, 0.3) is 0 Å². The third-order valence-corrected chi connectivity index (χ3v) is 4.24. The highest BCUT2D eigenvalue weighted by Crippen LogP contribution is 2.21. The first-order valence-corrected chi connectivity index (χ1v) is 8.83. The van der Waals surface area contributed by atoms with E-state index in [9.17, 15) is 9.59 Å². The summed E-state index contributed by atoms with van der Waals surface area (Å²) in [7, 11) is 0. The largest absolute Gasteiger partial charge is 0.483 e. The zero-order valence-electron chi connectivity index (χ0n) is 15.7. The number of nitrogens with one attached hydrogen (secondary N) is 2. The van der Waals surface area contributed by atoms with E-state index in [1.807, 2.05) is 32.0 Å². The van der Waals surface area contributed by atoms with Crippen molar-refractivity contribution in [2.24, 2.45) is 0 Å². The first kappa shape index (κ1) is 19.1. The van der Waals surface area contributed by atoms with E-state index in [0.717, 1.165) is 11.1 Å². The van der Waals surface area contributed by atoms with Gasteiger partial charge in [0.1, 0.15) is 5.75 Å². The van der Waals surface area contributed by atoms with E-state index in [0.29, 0.717) is 22.7 Å². The van der Waals surface area contributed by atoms with E-state index in [1.54, 1.807) is 42.6 Å². The van der Waals surface area contributed by atoms with Crippen molar-refractivity contribution in [3.8, 4) is 5.75 Å². The predicted molar refractivity (Wildman–Crippen MR) is 109 cm³/mol. The van der Waals surface area contributed by atoms with Gasteiger partial charge in [0.25, 0.3) is 11.8 Å². The Hall–Kier alpha value is -3.67. The van der Waals surface area contributed by atoms with Gasteiger partial charge >= 0.3 is 0 Å². The number of carbonyl (C=O) groups is 2. The Morgan fingerprint density at radius 2 is 1.71 bits per heavy atom. The molecule has 0 atom stereocenters. The second kappa shape index (κ2) is 8.81. The number of aromatic nitrogens is 1. The molecular weight excluding hydrogens is 354 g/mol. The minimum atomic E-state index is -0.281. The van der Waals surface area contributed by atoms with Gasteiger partial charge in [0.15, 0.2) is 6.61 Å². The number of aryl methyl sites for hydroxylation is 1. The Morgan fingerprint density at radius 3 is 2.46 bits per heavy atom. The lowest BCUT2D eigenvalue weighted by Crippen LogP contribution is -2.20. The summed E-state index contributed by atoms with van der Waals surface area (Å²) in [5.41, 5.74) is 3.71. The molecular formula is C22H21N3O3. The normalized spacial score (nSPS) is 10.2. The molecule has 0 aliphatic carbocycles. The second-order valence-electron chi connectivity index (χ2n) is 6.31. The zero-order chi connectivity index (χ0) is 19.9. The van der Waals surface area contributed by atoms with Crippen LogP contribution in [-0.4, -0.2) is 23.4 Å². The summed E-state index contributed by atoms with van der Waals surface area (Å²) in [6, 6.07) is 16.0. The number of benzene rings is 2. The minimum absolute atomic E-state index is 0.101. The average Bonchev–Trinajstić information content (AvgIpc) is 2.70. The number of ether oxygens (including phenoxy) is 1. The van der Waals surface area contributed by atoms with Crippen LogP contribution in [0, 0.1) is 13.8 Å². The Bertz CT molecular complexity index is 987. The summed E-state index contributed by atoms with van der Waals surface area (Å²) in [5.74, 6) is 0.138. The van der Waals surface area contributed by atoms with Gasteiger partial charge in [0.05, 0.1) is 5.56 Å². The van der Waals surface area contributed by atoms with Crippen LogP contribution in [0.1, 0.15) is 21.5 Å². The molecule has 0 spiro atoms. The van der Waals surface area contributed by atoms with Crippen LogP contribution in [-0.2, 0) is 4.79 Å². The Kier molecular flexibility index (Phi) is 6.01. The molecule has 2 aromatic carbocycles. The summed E-state index contributed by atoms with van der Waals surface area (Å²) < 4.78 is 5.62. The molecule has 142 valence electrons. The maximum absolute atomic E-state index is 12.2. The van der Waals surface area contributed by atoms with E-state index in [-0.39, 0.29) is 18.4 Å². The Labute approximate surface area is 163 Å². The monoisotopic (exact) mass is 375 g/mol. The van der Waals surface area contributed by atoms with Crippen LogP contribution in [0.5, 0.6) is 5.75 Å². The highest BCUT2D eigenvalue weighted by molar-refractivity contribution is 6.04. The van der Waals surface area contributed by atoms with Crippen LogP contribution in [0.15, 0.2) is 67.0 Å². The van der Waals surface area contributed by atoms with E-state index >= 15 is 0 Å². The molecule has 2 N–H and O–H groups in total. The topological polar surface area (TPSA) is 80.3 Å². The molecule has 3 rings (SSSR count). The molecule has 0 aliphatic rings. The molecule has 0 saturated carbocycles. The standard InChI is InChI=1S/C22H21N3O3/c1-15-6-3-10-20(16(15)2)28-14-21(26)24-18-8-4-9-19(12-18)25-22(27)17-7-5-11-23-13-17/h3-13H,14H2,1-2H3,(H,24,26)(H,25,27). The van der Waals surface area contributed by atoms with Crippen molar-refractivity contribution in [1.29, 1.82) is 0 Å². The number of carbonyl (C=O) groups excluding carboxylic acids is 2. The molecule has 0 fully saturated rings. The summed E-state index contributed by atoms with van der Waals surface area (Å²) in [4.78, 5) is 28.3. The zero-order valence-corrected chi connectivity index (χ0v) is 15.7. The van der Waals surface area contributed by atoms with Gasteiger partial charge < -0.3 is 15.4 Å². The second-order valence-corrected chi connectivity index (χ2v) is 6.31. The fourth-order valence-corrected chi connectivity index (χ4v) is 2.60. The Balaban J connectivity index is 1.58. The maximum atomic E-state index is 12.2. The van der Waals surface area contributed by atoms with Gasteiger partial charge in [0, 0.05) is 23.8 Å². The van der Waals surface area contributed by atoms with Gasteiger partial charge in [-0.05, 0) is 61.4 Å². The predicted octanol–water partition coefficient (Wildman–Crippen LogP) is 3.97. The molecule has 0 bridgehead atoms. The van der Waals surface area contributed by atoms with Crippen molar-refractivity contribution >= 4 is 23.2 Å². The van der Waals surface area contributed by atoms with Crippen LogP contribution in [0.3, 0.4) is 0 Å². The van der Waals surface area contributed by atoms with Gasteiger partial charge in [-0.2, -0.15) is 0 Å². The molecule has 1 aromatic heterocycles. The molecule has 1 heterocycles. The van der Waals surface area contributed by atoms with Crippen molar-refractivity contribution in [3.05, 3.63) is 83.7 Å². The molecule has 3 aromatic rings. The lowest BCUT2D eigenvalue weighted by atomic mass is 10.1. The van der Waals surface area contributed by atoms with Crippen LogP contribution in [0.2, 0.25) is 0 Å². The number of amides is 2. The molecule has 6 heteroatoms. The van der Waals surface area contributed by atoms with E-state index in [2.05, 4.69) is 15.6 Å². The number of hydrogen-bond donors (Lipinski definition) is 2. The van der Waals surface area contributed by atoms with E-state index < -0.39 is 0 Å². The third-order valence-electron chi connectivity index (χ3n) is 4.24. The van der Waals surface area contributed by atoms with Gasteiger partial charge in [-0.25, -0.2) is 0 Å². The lowest BCUT2D eigenvalue weighted by Gasteiger charge is -2.12. The van der Waals surface area contributed by atoms with Gasteiger partial charge in [-0.15, -0.1) is 0 Å². The van der Waals surface area contributed by atoms with E-state index in [1.165, 1.54) is 6.20 Å². The Morgan fingerprint density at radius 1 is 0.964 bits per heavy atom. The summed E-state index contributed by atoms with van der Waals surface area (Å²) in [5, 5.41) is 5.55. The van der Waals surface area contributed by atoms with Crippen molar-refractivity contribution in [3.63, 3.8) is 0 Å². The third kappa shape index (κ3) is 4.94. The summed E-state index contributed by atoms with van der Waals surface area (Å²) in [6.45, 7) is 3.85. The number of pyridine rings is 1. The number of anilines is 2. The number of nitrogens with zero attached hydrogens (tertiary/aromatic N) is 1. The minimum Gasteiger partial charge on any atom is -0.483 e. The molecule has 0 radical (unpaired) electrons. The average molecular weight is 375 g/mol. The fourth-order valence-electron chi connectivity index (χ4n) is 2.60. The quantitative estimate of drug-likeness (QED) is 0.683. The summed E-state index contributed by atoms with van der Waals surface area (Å²) >= 11 is 0. The molecule has 0 aliphatic heterocycles. The molecule has 2 amide bonds. The highest BCUT2D eigenvalue weighted by Gasteiger charge is 2.09. The molecule has 0 unspecified atom stereocenters. The highest BCUT2D eigenvalue weighted by atomic mass is 16.5. The smallest absolute Gasteiger partial charge is 0.262 e. The van der Waals surface area contributed by atoms with Crippen molar-refractivity contribution in [2.45, 2.75) is 13.8 Å². The molecule has 28 heavy (non-hydrogen) atoms. The van der Waals surface area contributed by atoms with Gasteiger partial charge in [-0.1, -0.05) is 18.2 Å². The number of rotatable bonds is 6. The van der Waals surface area contributed by atoms with Crippen molar-refractivity contribution in [1.82, 2.24) is 4.98 Å². The first-order valence-electron chi connectivity index (χ1n) is 8.83. The molecule has 6 nitrogen and oxygen atoms in total. The van der Waals surface area contributed by atoms with Crippen molar-refractivity contribution < 1.29 is 14.3 Å². The number of hydrogen-bond acceptors (Lipinski definition) is 4. The fraction of sp³-hybridized carbons (Fsp3) is 0.136. The first-order chi connectivity index (χ1) is 13.5. The molecule has 0 saturated heterocycles. The SMILES string of the molecule is Cc1cccc(OCC(=O)Nc2cccc(NC(=O)c3cccnc3)c2)c1C. The van der Waals surface area contributed by atoms with Crippen LogP contribution in [0.4, 0.5) is 11.4 Å². The van der Waals surface area contributed by atoms with Gasteiger partial charge in [-0.3, -0.25) is 14.6 Å².